The molecule has 0 spiro atoms. The van der Waals surface area contributed by atoms with Gasteiger partial charge in [-0.25, -0.2) is 4.68 Å². The Labute approximate surface area is 185 Å². The van der Waals surface area contributed by atoms with Crippen LogP contribution >= 0.6 is 0 Å². The van der Waals surface area contributed by atoms with E-state index in [2.05, 4.69) is 37.5 Å². The molecule has 1 heterocycles. The molecule has 1 aromatic heterocycles. The number of aliphatic hydroxyl groups is 1. The fraction of sp³-hybridized carbons (Fsp3) is 0.346. The van der Waals surface area contributed by atoms with Gasteiger partial charge in [0.15, 0.2) is 0 Å². The van der Waals surface area contributed by atoms with Crippen LogP contribution in [0.25, 0.3) is 11.3 Å². The molecule has 0 saturated carbocycles. The number of aliphatic hydroxyl groups excluding tert-OH is 1. The smallest absolute Gasteiger partial charge is 0.222 e. The van der Waals surface area contributed by atoms with Crippen molar-refractivity contribution in [2.75, 3.05) is 6.54 Å². The van der Waals surface area contributed by atoms with Crippen LogP contribution < -0.4 is 4.74 Å². The van der Waals surface area contributed by atoms with Crippen LogP contribution in [-0.4, -0.2) is 38.5 Å². The highest BCUT2D eigenvalue weighted by Gasteiger charge is 2.24. The number of allylic oxidation sites excluding steroid dienone is 1. The van der Waals surface area contributed by atoms with Crippen molar-refractivity contribution in [3.63, 3.8) is 0 Å². The van der Waals surface area contributed by atoms with E-state index in [0.29, 0.717) is 19.5 Å². The number of aryl methyl sites for hydroxylation is 1. The SMILES string of the molecule is C=CCCC(O)CN(Cc1c(-c2ccccc2)nn(C)c1Oc1ccccc1)C(C)C. The third-order valence-electron chi connectivity index (χ3n) is 5.33. The fourth-order valence-corrected chi connectivity index (χ4v) is 3.58. The van der Waals surface area contributed by atoms with Crippen molar-refractivity contribution in [3.8, 4) is 22.9 Å². The normalized spacial score (nSPS) is 12.3. The molecule has 1 atom stereocenters. The summed E-state index contributed by atoms with van der Waals surface area (Å²) in [7, 11) is 1.91. The van der Waals surface area contributed by atoms with E-state index in [1.807, 2.05) is 61.7 Å². The van der Waals surface area contributed by atoms with Crippen molar-refractivity contribution in [3.05, 3.63) is 78.9 Å². The second-order valence-corrected chi connectivity index (χ2v) is 8.08. The summed E-state index contributed by atoms with van der Waals surface area (Å²) in [6, 6.07) is 20.2. The number of hydrogen-bond acceptors (Lipinski definition) is 4. The minimum atomic E-state index is -0.407. The standard InChI is InChI=1S/C26H33N3O2/c1-5-6-15-22(30)18-29(20(2)3)19-24-25(21-13-9-7-10-14-21)27-28(4)26(24)31-23-16-11-8-12-17-23/h5,7-14,16-17,20,22,30H,1,6,15,18-19H2,2-4H3. The third kappa shape index (κ3) is 6.06. The molecular formula is C26H33N3O2. The fourth-order valence-electron chi connectivity index (χ4n) is 3.58. The first kappa shape index (κ1) is 22.8. The zero-order chi connectivity index (χ0) is 22.2. The molecular weight excluding hydrogens is 386 g/mol. The highest BCUT2D eigenvalue weighted by Crippen LogP contribution is 2.34. The van der Waals surface area contributed by atoms with Crippen LogP contribution in [0.2, 0.25) is 0 Å². The van der Waals surface area contributed by atoms with Crippen molar-refractivity contribution in [1.29, 1.82) is 0 Å². The molecule has 2 aromatic carbocycles. The first-order valence-corrected chi connectivity index (χ1v) is 10.9. The summed E-state index contributed by atoms with van der Waals surface area (Å²) in [6.07, 6.45) is 2.95. The molecule has 31 heavy (non-hydrogen) atoms. The molecule has 0 aliphatic heterocycles. The summed E-state index contributed by atoms with van der Waals surface area (Å²) in [4.78, 5) is 2.27. The topological polar surface area (TPSA) is 50.5 Å². The van der Waals surface area contributed by atoms with Crippen molar-refractivity contribution < 1.29 is 9.84 Å². The van der Waals surface area contributed by atoms with Gasteiger partial charge in [0.05, 0.1) is 11.7 Å². The summed E-state index contributed by atoms with van der Waals surface area (Å²) in [5.74, 6) is 1.49. The molecule has 1 unspecified atom stereocenters. The Morgan fingerprint density at radius 2 is 1.74 bits per heavy atom. The van der Waals surface area contributed by atoms with E-state index < -0.39 is 6.10 Å². The van der Waals surface area contributed by atoms with Crippen LogP contribution in [0.15, 0.2) is 73.3 Å². The molecule has 0 aliphatic rings. The van der Waals surface area contributed by atoms with Gasteiger partial charge < -0.3 is 9.84 Å². The van der Waals surface area contributed by atoms with Gasteiger partial charge in [-0.2, -0.15) is 5.10 Å². The lowest BCUT2D eigenvalue weighted by molar-refractivity contribution is 0.0851. The van der Waals surface area contributed by atoms with E-state index >= 15 is 0 Å². The first-order chi connectivity index (χ1) is 15.0. The van der Waals surface area contributed by atoms with Crippen molar-refractivity contribution in [2.45, 2.75) is 45.4 Å². The Balaban J connectivity index is 1.97. The lowest BCUT2D eigenvalue weighted by Gasteiger charge is -2.29. The van der Waals surface area contributed by atoms with Gasteiger partial charge in [-0.05, 0) is 38.8 Å². The van der Waals surface area contributed by atoms with E-state index in [9.17, 15) is 5.11 Å². The highest BCUT2D eigenvalue weighted by molar-refractivity contribution is 5.65. The Morgan fingerprint density at radius 3 is 2.35 bits per heavy atom. The maximum atomic E-state index is 10.5. The molecule has 0 radical (unpaired) electrons. The quantitative estimate of drug-likeness (QED) is 0.422. The number of aromatic nitrogens is 2. The molecule has 3 aromatic rings. The van der Waals surface area contributed by atoms with E-state index in [1.165, 1.54) is 0 Å². The number of benzene rings is 2. The molecule has 5 nitrogen and oxygen atoms in total. The van der Waals surface area contributed by atoms with E-state index in [0.717, 1.165) is 34.9 Å². The molecule has 1 N–H and O–H groups in total. The third-order valence-corrected chi connectivity index (χ3v) is 5.33. The average Bonchev–Trinajstić information content (AvgIpc) is 3.08. The van der Waals surface area contributed by atoms with Gasteiger partial charge >= 0.3 is 0 Å². The van der Waals surface area contributed by atoms with Gasteiger partial charge in [0.2, 0.25) is 5.88 Å². The lowest BCUT2D eigenvalue weighted by Crippen LogP contribution is -2.37. The summed E-state index contributed by atoms with van der Waals surface area (Å²) < 4.78 is 8.09. The van der Waals surface area contributed by atoms with Crippen LogP contribution in [0.4, 0.5) is 0 Å². The second kappa shape index (κ2) is 10.9. The second-order valence-electron chi connectivity index (χ2n) is 8.08. The lowest BCUT2D eigenvalue weighted by atomic mass is 10.1. The van der Waals surface area contributed by atoms with Gasteiger partial charge in [-0.15, -0.1) is 6.58 Å². The zero-order valence-electron chi connectivity index (χ0n) is 18.7. The minimum Gasteiger partial charge on any atom is -0.439 e. The van der Waals surface area contributed by atoms with Gasteiger partial charge in [0.25, 0.3) is 0 Å². The summed E-state index contributed by atoms with van der Waals surface area (Å²) in [5, 5.41) is 15.3. The molecule has 0 saturated heterocycles. The predicted octanol–water partition coefficient (Wildman–Crippen LogP) is 5.42. The molecule has 5 heteroatoms. The first-order valence-electron chi connectivity index (χ1n) is 10.9. The van der Waals surface area contributed by atoms with Crippen molar-refractivity contribution >= 4 is 0 Å². The van der Waals surface area contributed by atoms with Crippen LogP contribution in [0, 0.1) is 0 Å². The Morgan fingerprint density at radius 1 is 1.10 bits per heavy atom. The maximum absolute atomic E-state index is 10.5. The van der Waals surface area contributed by atoms with E-state index in [4.69, 9.17) is 9.84 Å². The molecule has 0 aliphatic carbocycles. The van der Waals surface area contributed by atoms with Crippen LogP contribution in [0.3, 0.4) is 0 Å². The molecule has 0 bridgehead atoms. The van der Waals surface area contributed by atoms with Crippen LogP contribution in [0.5, 0.6) is 11.6 Å². The van der Waals surface area contributed by atoms with E-state index in [-0.39, 0.29) is 6.04 Å². The Hall–Kier alpha value is -2.89. The van der Waals surface area contributed by atoms with E-state index in [1.54, 1.807) is 4.68 Å². The van der Waals surface area contributed by atoms with Crippen LogP contribution in [0.1, 0.15) is 32.3 Å². The largest absolute Gasteiger partial charge is 0.439 e. The molecule has 0 fully saturated rings. The van der Waals surface area contributed by atoms with Crippen molar-refractivity contribution in [2.24, 2.45) is 7.05 Å². The number of para-hydroxylation sites is 1. The van der Waals surface area contributed by atoms with Gasteiger partial charge in [0, 0.05) is 31.7 Å². The molecule has 3 rings (SSSR count). The van der Waals surface area contributed by atoms with Gasteiger partial charge in [0.1, 0.15) is 11.4 Å². The Bertz CT molecular complexity index is 952. The predicted molar refractivity (Wildman–Crippen MR) is 126 cm³/mol. The number of ether oxygens (including phenoxy) is 1. The molecule has 0 amide bonds. The molecule has 164 valence electrons. The summed E-state index contributed by atoms with van der Waals surface area (Å²) in [6.45, 7) is 9.27. The van der Waals surface area contributed by atoms with Crippen molar-refractivity contribution in [1.82, 2.24) is 14.7 Å². The summed E-state index contributed by atoms with van der Waals surface area (Å²) in [5.41, 5.74) is 2.97. The maximum Gasteiger partial charge on any atom is 0.222 e. The average molecular weight is 420 g/mol. The number of hydrogen-bond donors (Lipinski definition) is 1. The Kier molecular flexibility index (Phi) is 8.04. The minimum absolute atomic E-state index is 0.256. The van der Waals surface area contributed by atoms with Crippen LogP contribution in [-0.2, 0) is 13.6 Å². The van der Waals surface area contributed by atoms with Gasteiger partial charge in [-0.1, -0.05) is 54.6 Å². The summed E-state index contributed by atoms with van der Waals surface area (Å²) >= 11 is 0. The number of rotatable bonds is 11. The zero-order valence-corrected chi connectivity index (χ0v) is 18.7. The van der Waals surface area contributed by atoms with Gasteiger partial charge in [-0.3, -0.25) is 4.90 Å². The number of nitrogens with zero attached hydrogens (tertiary/aromatic N) is 3. The monoisotopic (exact) mass is 419 g/mol. The highest BCUT2D eigenvalue weighted by atomic mass is 16.5.